The normalized spacial score (nSPS) is 16.1. The van der Waals surface area contributed by atoms with Crippen LogP contribution in [-0.2, 0) is 9.59 Å². The van der Waals surface area contributed by atoms with Crippen molar-refractivity contribution in [2.45, 2.75) is 66.3 Å². The first-order valence-electron chi connectivity index (χ1n) is 11.0. The molecule has 2 rings (SSSR count). The molecule has 0 bridgehead atoms. The Morgan fingerprint density at radius 1 is 1.17 bits per heavy atom. The molecule has 0 unspecified atom stereocenters. The third-order valence-corrected chi connectivity index (χ3v) is 5.44. The number of rotatable bonds is 7. The highest BCUT2D eigenvalue weighted by Crippen LogP contribution is 2.25. The highest BCUT2D eigenvalue weighted by atomic mass is 16.2. The number of likely N-dealkylation sites (tertiary alicyclic amines) is 1. The fourth-order valence-corrected chi connectivity index (χ4v) is 3.81. The number of hydrogen-bond donors (Lipinski definition) is 2. The summed E-state index contributed by atoms with van der Waals surface area (Å²) in [6, 6.07) is 6.77. The molecule has 6 nitrogen and oxygen atoms in total. The van der Waals surface area contributed by atoms with Crippen LogP contribution in [-0.4, -0.2) is 48.3 Å². The van der Waals surface area contributed by atoms with E-state index in [1.807, 2.05) is 36.9 Å². The van der Waals surface area contributed by atoms with E-state index in [0.29, 0.717) is 44.5 Å². The number of carbonyl (C=O) groups is 3. The topological polar surface area (TPSA) is 78.5 Å². The summed E-state index contributed by atoms with van der Waals surface area (Å²) in [6.07, 6.45) is 2.76. The van der Waals surface area contributed by atoms with E-state index in [9.17, 15) is 14.4 Å². The summed E-state index contributed by atoms with van der Waals surface area (Å²) in [4.78, 5) is 40.1. The SMILES string of the molecule is CCCNC(=O)[C@@H](NC(=O)c1cccc(C)c1)C1CCN(C(=O)CC(C)(C)C)CC1. The first-order valence-corrected chi connectivity index (χ1v) is 11.0. The lowest BCUT2D eigenvalue weighted by atomic mass is 9.87. The summed E-state index contributed by atoms with van der Waals surface area (Å²) in [5.74, 6) is -0.204. The van der Waals surface area contributed by atoms with Gasteiger partial charge in [0.1, 0.15) is 6.04 Å². The standard InChI is InChI=1S/C24H37N3O3/c1-6-12-25-23(30)21(26-22(29)19-9-7-8-17(2)15-19)18-10-13-27(14-11-18)20(28)16-24(3,4)5/h7-9,15,18,21H,6,10-14,16H2,1-5H3,(H,25,30)(H,26,29)/t21-/m0/s1. The molecule has 3 amide bonds. The van der Waals surface area contributed by atoms with Gasteiger partial charge >= 0.3 is 0 Å². The lowest BCUT2D eigenvalue weighted by molar-refractivity contribution is -0.134. The summed E-state index contributed by atoms with van der Waals surface area (Å²) in [5.41, 5.74) is 1.51. The van der Waals surface area contributed by atoms with Crippen LogP contribution in [0, 0.1) is 18.3 Å². The van der Waals surface area contributed by atoms with Crippen molar-refractivity contribution in [3.05, 3.63) is 35.4 Å². The fraction of sp³-hybridized carbons (Fsp3) is 0.625. The highest BCUT2D eigenvalue weighted by molar-refractivity contribution is 5.97. The van der Waals surface area contributed by atoms with E-state index >= 15 is 0 Å². The molecule has 0 spiro atoms. The third kappa shape index (κ3) is 7.15. The minimum absolute atomic E-state index is 0.00861. The molecule has 1 aliphatic rings. The molecular weight excluding hydrogens is 378 g/mol. The van der Waals surface area contributed by atoms with Gasteiger partial charge in [-0.1, -0.05) is 45.4 Å². The second kappa shape index (κ2) is 10.6. The number of piperidine rings is 1. The van der Waals surface area contributed by atoms with Crippen molar-refractivity contribution in [1.82, 2.24) is 15.5 Å². The maximum atomic E-state index is 12.8. The molecule has 1 heterocycles. The van der Waals surface area contributed by atoms with Crippen molar-refractivity contribution in [3.8, 4) is 0 Å². The van der Waals surface area contributed by atoms with E-state index in [0.717, 1.165) is 12.0 Å². The number of nitrogens with one attached hydrogen (secondary N) is 2. The summed E-state index contributed by atoms with van der Waals surface area (Å²) in [5, 5.41) is 5.90. The summed E-state index contributed by atoms with van der Waals surface area (Å²) in [7, 11) is 0. The Morgan fingerprint density at radius 2 is 1.83 bits per heavy atom. The van der Waals surface area contributed by atoms with Crippen LogP contribution >= 0.6 is 0 Å². The highest BCUT2D eigenvalue weighted by Gasteiger charge is 2.34. The Balaban J connectivity index is 2.06. The Hall–Kier alpha value is -2.37. The maximum absolute atomic E-state index is 12.8. The van der Waals surface area contributed by atoms with E-state index in [4.69, 9.17) is 0 Å². The second-order valence-corrected chi connectivity index (χ2v) is 9.57. The molecule has 1 aliphatic heterocycles. The van der Waals surface area contributed by atoms with Gasteiger partial charge < -0.3 is 15.5 Å². The quantitative estimate of drug-likeness (QED) is 0.717. The monoisotopic (exact) mass is 415 g/mol. The van der Waals surface area contributed by atoms with Crippen LogP contribution in [0.15, 0.2) is 24.3 Å². The minimum Gasteiger partial charge on any atom is -0.354 e. The van der Waals surface area contributed by atoms with Gasteiger partial charge in [0, 0.05) is 31.6 Å². The third-order valence-electron chi connectivity index (χ3n) is 5.44. The van der Waals surface area contributed by atoms with Crippen LogP contribution in [0.2, 0.25) is 0 Å². The molecule has 1 saturated heterocycles. The number of hydrogen-bond acceptors (Lipinski definition) is 3. The Kier molecular flexibility index (Phi) is 8.44. The second-order valence-electron chi connectivity index (χ2n) is 9.57. The Bertz CT molecular complexity index is 746. The van der Waals surface area contributed by atoms with Crippen LogP contribution in [0.25, 0.3) is 0 Å². The minimum atomic E-state index is -0.593. The van der Waals surface area contributed by atoms with Crippen LogP contribution in [0.1, 0.15) is 69.3 Å². The van der Waals surface area contributed by atoms with Gasteiger partial charge in [-0.25, -0.2) is 0 Å². The fourth-order valence-electron chi connectivity index (χ4n) is 3.81. The number of carbonyl (C=O) groups excluding carboxylic acids is 3. The number of benzene rings is 1. The number of amides is 3. The van der Waals surface area contributed by atoms with Crippen molar-refractivity contribution in [2.75, 3.05) is 19.6 Å². The molecule has 1 fully saturated rings. The maximum Gasteiger partial charge on any atom is 0.251 e. The lowest BCUT2D eigenvalue weighted by Gasteiger charge is -2.36. The predicted molar refractivity (Wildman–Crippen MR) is 119 cm³/mol. The number of aryl methyl sites for hydroxylation is 1. The van der Waals surface area contributed by atoms with Gasteiger partial charge in [0.05, 0.1) is 0 Å². The summed E-state index contributed by atoms with van der Waals surface area (Å²) in [6.45, 7) is 12.0. The van der Waals surface area contributed by atoms with Gasteiger partial charge in [-0.15, -0.1) is 0 Å². The zero-order valence-electron chi connectivity index (χ0n) is 19.1. The van der Waals surface area contributed by atoms with Crippen molar-refractivity contribution >= 4 is 17.7 Å². The first-order chi connectivity index (χ1) is 14.1. The van der Waals surface area contributed by atoms with Crippen molar-refractivity contribution in [3.63, 3.8) is 0 Å². The average Bonchev–Trinajstić information content (AvgIpc) is 2.69. The number of nitrogens with zero attached hydrogens (tertiary/aromatic N) is 1. The van der Waals surface area contributed by atoms with E-state index in [2.05, 4.69) is 31.4 Å². The van der Waals surface area contributed by atoms with Crippen LogP contribution in [0.5, 0.6) is 0 Å². The van der Waals surface area contributed by atoms with Crippen LogP contribution < -0.4 is 10.6 Å². The zero-order valence-corrected chi connectivity index (χ0v) is 19.1. The molecule has 30 heavy (non-hydrogen) atoms. The van der Waals surface area contributed by atoms with Gasteiger partial charge in [0.15, 0.2) is 0 Å². The molecule has 6 heteroatoms. The van der Waals surface area contributed by atoms with Gasteiger partial charge in [-0.2, -0.15) is 0 Å². The Morgan fingerprint density at radius 3 is 2.40 bits per heavy atom. The Labute approximate surface area is 180 Å². The molecule has 0 saturated carbocycles. The summed E-state index contributed by atoms with van der Waals surface area (Å²) >= 11 is 0. The molecule has 0 aromatic heterocycles. The smallest absolute Gasteiger partial charge is 0.251 e. The van der Waals surface area contributed by atoms with Crippen LogP contribution in [0.3, 0.4) is 0 Å². The summed E-state index contributed by atoms with van der Waals surface area (Å²) < 4.78 is 0. The molecule has 1 aromatic carbocycles. The van der Waals surface area contributed by atoms with Gasteiger partial charge in [-0.05, 0) is 49.7 Å². The first kappa shape index (κ1) is 23.9. The van der Waals surface area contributed by atoms with Crippen LogP contribution in [0.4, 0.5) is 0 Å². The van der Waals surface area contributed by atoms with Gasteiger partial charge in [0.2, 0.25) is 11.8 Å². The van der Waals surface area contributed by atoms with E-state index in [1.165, 1.54) is 0 Å². The molecule has 1 aromatic rings. The lowest BCUT2D eigenvalue weighted by Crippen LogP contribution is -2.54. The zero-order chi connectivity index (χ0) is 22.3. The van der Waals surface area contributed by atoms with E-state index in [1.54, 1.807) is 6.07 Å². The largest absolute Gasteiger partial charge is 0.354 e. The molecular formula is C24H37N3O3. The molecule has 0 radical (unpaired) electrons. The van der Waals surface area contributed by atoms with Crippen molar-refractivity contribution in [1.29, 1.82) is 0 Å². The molecule has 1 atom stereocenters. The van der Waals surface area contributed by atoms with Gasteiger partial charge in [-0.3, -0.25) is 14.4 Å². The molecule has 166 valence electrons. The molecule has 2 N–H and O–H groups in total. The van der Waals surface area contributed by atoms with Crippen molar-refractivity contribution < 1.29 is 14.4 Å². The van der Waals surface area contributed by atoms with E-state index in [-0.39, 0.29) is 29.1 Å². The predicted octanol–water partition coefficient (Wildman–Crippen LogP) is 3.29. The van der Waals surface area contributed by atoms with Crippen molar-refractivity contribution in [2.24, 2.45) is 11.3 Å². The van der Waals surface area contributed by atoms with E-state index < -0.39 is 6.04 Å². The van der Waals surface area contributed by atoms with Gasteiger partial charge in [0.25, 0.3) is 5.91 Å². The molecule has 0 aliphatic carbocycles. The average molecular weight is 416 g/mol.